The fourth-order valence-electron chi connectivity index (χ4n) is 6.98. The van der Waals surface area contributed by atoms with Crippen molar-refractivity contribution in [2.75, 3.05) is 18.4 Å². The van der Waals surface area contributed by atoms with Crippen molar-refractivity contribution in [3.63, 3.8) is 0 Å². The highest BCUT2D eigenvalue weighted by Gasteiger charge is 2.48. The molecular weight excluding hydrogens is 454 g/mol. The van der Waals surface area contributed by atoms with Crippen LogP contribution < -0.4 is 5.32 Å². The Kier molecular flexibility index (Phi) is 5.97. The molecule has 3 aromatic carbocycles. The van der Waals surface area contributed by atoms with Crippen LogP contribution in [0.2, 0.25) is 0 Å². The van der Waals surface area contributed by atoms with Gasteiger partial charge in [-0.1, -0.05) is 73.7 Å². The lowest BCUT2D eigenvalue weighted by Gasteiger charge is -2.46. The molecule has 3 unspecified atom stereocenters. The number of nitriles is 1. The Morgan fingerprint density at radius 3 is 2.51 bits per heavy atom. The zero-order chi connectivity index (χ0) is 25.5. The molecule has 0 bridgehead atoms. The van der Waals surface area contributed by atoms with Crippen LogP contribution in [0.3, 0.4) is 0 Å². The monoisotopic (exact) mass is 487 g/mol. The van der Waals surface area contributed by atoms with Gasteiger partial charge in [0.05, 0.1) is 11.5 Å². The second-order valence-electron chi connectivity index (χ2n) is 11.1. The van der Waals surface area contributed by atoms with Crippen LogP contribution in [0.4, 0.5) is 5.69 Å². The van der Waals surface area contributed by atoms with Crippen LogP contribution in [-0.4, -0.2) is 29.9 Å². The summed E-state index contributed by atoms with van der Waals surface area (Å²) in [6.45, 7) is 4.52. The van der Waals surface area contributed by atoms with Crippen molar-refractivity contribution < 1.29 is 4.79 Å². The van der Waals surface area contributed by atoms with Gasteiger partial charge in [0, 0.05) is 29.3 Å². The number of piperidine rings is 1. The summed E-state index contributed by atoms with van der Waals surface area (Å²) < 4.78 is 0. The van der Waals surface area contributed by atoms with E-state index in [9.17, 15) is 10.1 Å². The third kappa shape index (κ3) is 4.08. The predicted octanol–water partition coefficient (Wildman–Crippen LogP) is 6.56. The van der Waals surface area contributed by atoms with Gasteiger partial charge in [-0.3, -0.25) is 9.69 Å². The van der Waals surface area contributed by atoms with E-state index in [0.717, 1.165) is 50.0 Å². The average Bonchev–Trinajstić information content (AvgIpc) is 3.55. The van der Waals surface area contributed by atoms with E-state index in [1.165, 1.54) is 11.1 Å². The van der Waals surface area contributed by atoms with Gasteiger partial charge in [-0.15, -0.1) is 0 Å². The molecule has 1 heterocycles. The molecule has 1 aliphatic heterocycles. The first-order valence-corrected chi connectivity index (χ1v) is 13.4. The van der Waals surface area contributed by atoms with Crippen LogP contribution in [0.5, 0.6) is 0 Å². The number of hydrogen-bond acceptors (Lipinski definition) is 3. The highest BCUT2D eigenvalue weighted by Crippen LogP contribution is 2.49. The number of nitrogens with one attached hydrogen (secondary N) is 1. The van der Waals surface area contributed by atoms with Crippen LogP contribution in [0.1, 0.15) is 59.7 Å². The summed E-state index contributed by atoms with van der Waals surface area (Å²) in [4.78, 5) is 15.3. The van der Waals surface area contributed by atoms with Gasteiger partial charge in [-0.2, -0.15) is 5.26 Å². The summed E-state index contributed by atoms with van der Waals surface area (Å²) in [6.07, 6.45) is 8.64. The molecule has 1 N–H and O–H groups in total. The summed E-state index contributed by atoms with van der Waals surface area (Å²) in [6, 6.07) is 29.1. The lowest BCUT2D eigenvalue weighted by Crippen LogP contribution is -2.50. The van der Waals surface area contributed by atoms with E-state index < -0.39 is 5.41 Å². The standard InChI is InChI=1S/C33H33N3O/c1-24-22-36(20-19-33(24)18-15-25-7-5-6-10-30(25)33)29-16-17-32(21-29,23-34)27-13-11-26(12-14-27)31(37)35-28-8-3-2-4-9-28/h2-15,18,24,29H,16-17,19-22H2,1H3,(H,35,37)/t24-,29?,32?,33?/m0/s1. The molecule has 0 aromatic heterocycles. The van der Waals surface area contributed by atoms with Gasteiger partial charge in [0.1, 0.15) is 0 Å². The van der Waals surface area contributed by atoms with Crippen LogP contribution in [-0.2, 0) is 10.8 Å². The van der Waals surface area contributed by atoms with E-state index in [1.54, 1.807) is 0 Å². The van der Waals surface area contributed by atoms with Crippen LogP contribution in [0.15, 0.2) is 84.9 Å². The Morgan fingerprint density at radius 2 is 1.76 bits per heavy atom. The number of carbonyl (C=O) groups is 1. The minimum absolute atomic E-state index is 0.133. The molecule has 37 heavy (non-hydrogen) atoms. The summed E-state index contributed by atoms with van der Waals surface area (Å²) in [5, 5.41) is 13.3. The third-order valence-electron chi connectivity index (χ3n) is 9.17. The van der Waals surface area contributed by atoms with Crippen molar-refractivity contribution in [3.05, 3.63) is 107 Å². The minimum Gasteiger partial charge on any atom is -0.322 e. The number of anilines is 1. The minimum atomic E-state index is -0.489. The third-order valence-corrected chi connectivity index (χ3v) is 9.17. The van der Waals surface area contributed by atoms with E-state index >= 15 is 0 Å². The second-order valence-corrected chi connectivity index (χ2v) is 11.1. The Hall–Kier alpha value is -3.68. The lowest BCUT2D eigenvalue weighted by molar-refractivity contribution is 0.0887. The van der Waals surface area contributed by atoms with E-state index in [-0.39, 0.29) is 11.3 Å². The largest absolute Gasteiger partial charge is 0.322 e. The number of benzene rings is 3. The molecule has 186 valence electrons. The lowest BCUT2D eigenvalue weighted by atomic mass is 9.67. The number of allylic oxidation sites excluding steroid dienone is 1. The summed E-state index contributed by atoms with van der Waals surface area (Å²) >= 11 is 0. The number of rotatable bonds is 4. The first-order valence-electron chi connectivity index (χ1n) is 13.4. The van der Waals surface area contributed by atoms with Gasteiger partial charge in [-0.05, 0) is 79.1 Å². The van der Waals surface area contributed by atoms with Gasteiger partial charge in [-0.25, -0.2) is 0 Å². The van der Waals surface area contributed by atoms with Gasteiger partial charge in [0.25, 0.3) is 5.91 Å². The van der Waals surface area contributed by atoms with E-state index in [2.05, 4.69) is 59.6 Å². The molecule has 2 fully saturated rings. The molecule has 4 atom stereocenters. The number of likely N-dealkylation sites (tertiary alicyclic amines) is 1. The molecule has 3 aliphatic rings. The first-order chi connectivity index (χ1) is 18.0. The summed E-state index contributed by atoms with van der Waals surface area (Å²) in [7, 11) is 0. The van der Waals surface area contributed by atoms with E-state index in [1.807, 2.05) is 54.6 Å². The average molecular weight is 488 g/mol. The number of fused-ring (bicyclic) bond motifs is 2. The van der Waals surface area contributed by atoms with Crippen molar-refractivity contribution in [1.29, 1.82) is 5.26 Å². The second kappa shape index (κ2) is 9.32. The molecule has 6 rings (SSSR count). The van der Waals surface area contributed by atoms with Gasteiger partial charge in [0.2, 0.25) is 0 Å². The molecular formula is C33H33N3O. The van der Waals surface area contributed by atoms with Crippen molar-refractivity contribution in [3.8, 4) is 6.07 Å². The fourth-order valence-corrected chi connectivity index (χ4v) is 6.98. The predicted molar refractivity (Wildman–Crippen MR) is 148 cm³/mol. The number of para-hydroxylation sites is 1. The molecule has 1 saturated carbocycles. The van der Waals surface area contributed by atoms with Crippen molar-refractivity contribution in [2.24, 2.45) is 5.92 Å². The number of amides is 1. The maximum atomic E-state index is 12.7. The van der Waals surface area contributed by atoms with Gasteiger partial charge < -0.3 is 5.32 Å². The number of nitrogens with zero attached hydrogens (tertiary/aromatic N) is 2. The molecule has 2 aliphatic carbocycles. The molecule has 4 nitrogen and oxygen atoms in total. The topological polar surface area (TPSA) is 56.1 Å². The Labute approximate surface area is 219 Å². The molecule has 0 radical (unpaired) electrons. The SMILES string of the molecule is C[C@H]1CN(C2CCC(C#N)(c3ccc(C(=O)Nc4ccccc4)cc3)C2)CCC12C=Cc1ccccc12. The Bertz CT molecular complexity index is 1370. The highest BCUT2D eigenvalue weighted by atomic mass is 16.1. The normalized spacial score (nSPS) is 28.6. The van der Waals surface area contributed by atoms with E-state index in [4.69, 9.17) is 0 Å². The smallest absolute Gasteiger partial charge is 0.255 e. The molecule has 4 heteroatoms. The van der Waals surface area contributed by atoms with Gasteiger partial charge in [0.15, 0.2) is 0 Å². The highest BCUT2D eigenvalue weighted by molar-refractivity contribution is 6.04. The quantitative estimate of drug-likeness (QED) is 0.453. The van der Waals surface area contributed by atoms with Crippen molar-refractivity contribution >= 4 is 17.7 Å². The number of carbonyl (C=O) groups excluding carboxylic acids is 1. The Balaban J connectivity index is 1.14. The molecule has 1 amide bonds. The molecule has 3 aromatic rings. The van der Waals surface area contributed by atoms with Crippen molar-refractivity contribution in [2.45, 2.75) is 49.5 Å². The summed E-state index contributed by atoms with van der Waals surface area (Å²) in [5.41, 5.74) is 4.92. The zero-order valence-corrected chi connectivity index (χ0v) is 21.4. The van der Waals surface area contributed by atoms with E-state index in [0.29, 0.717) is 17.5 Å². The molecule has 1 saturated heterocycles. The van der Waals surface area contributed by atoms with Gasteiger partial charge >= 0.3 is 0 Å². The first kappa shape index (κ1) is 23.7. The zero-order valence-electron chi connectivity index (χ0n) is 21.4. The van der Waals surface area contributed by atoms with Crippen LogP contribution in [0, 0.1) is 17.2 Å². The van der Waals surface area contributed by atoms with Crippen LogP contribution >= 0.6 is 0 Å². The van der Waals surface area contributed by atoms with Crippen molar-refractivity contribution in [1.82, 2.24) is 4.90 Å². The maximum absolute atomic E-state index is 12.7. The van der Waals surface area contributed by atoms with Crippen LogP contribution in [0.25, 0.3) is 6.08 Å². The maximum Gasteiger partial charge on any atom is 0.255 e. The fraction of sp³-hybridized carbons (Fsp3) is 0.333. The summed E-state index contributed by atoms with van der Waals surface area (Å²) in [5.74, 6) is 0.396. The molecule has 1 spiro atoms. The Morgan fingerprint density at radius 1 is 1.00 bits per heavy atom. The number of hydrogen-bond donors (Lipinski definition) is 1.